The summed E-state index contributed by atoms with van der Waals surface area (Å²) in [5.74, 6) is 0.881. The zero-order chi connectivity index (χ0) is 21.6. The molecule has 9 heteroatoms. The van der Waals surface area contributed by atoms with Crippen molar-refractivity contribution in [3.8, 4) is 11.4 Å². The van der Waals surface area contributed by atoms with Gasteiger partial charge in [-0.25, -0.2) is 4.98 Å². The standard InChI is InChI=1S/C21H23F3N6/c1-30(2)13-5-12-26-20-28-18(17-6-3-4-11-25-17)14-19(29-20)27-16-9-7-15(8-10-16)21(22,23)24/h3-4,6-11,14H,5,12-13H2,1-2H3,(H2,26,27,28,29). The molecule has 0 bridgehead atoms. The number of alkyl halides is 3. The highest BCUT2D eigenvalue weighted by Gasteiger charge is 2.29. The number of aromatic nitrogens is 3. The van der Waals surface area contributed by atoms with Crippen LogP contribution in [0.2, 0.25) is 0 Å². The zero-order valence-electron chi connectivity index (χ0n) is 16.7. The third-order valence-electron chi connectivity index (χ3n) is 4.20. The molecule has 158 valence electrons. The van der Waals surface area contributed by atoms with E-state index in [-0.39, 0.29) is 0 Å². The van der Waals surface area contributed by atoms with Gasteiger partial charge in [0.1, 0.15) is 5.82 Å². The van der Waals surface area contributed by atoms with Gasteiger partial charge in [0.15, 0.2) is 0 Å². The maximum absolute atomic E-state index is 12.8. The van der Waals surface area contributed by atoms with Crippen molar-refractivity contribution in [2.75, 3.05) is 37.8 Å². The van der Waals surface area contributed by atoms with Gasteiger partial charge in [0.2, 0.25) is 5.95 Å². The molecule has 3 aromatic rings. The maximum Gasteiger partial charge on any atom is 0.416 e. The van der Waals surface area contributed by atoms with Crippen molar-refractivity contribution in [2.24, 2.45) is 0 Å². The van der Waals surface area contributed by atoms with Crippen LogP contribution >= 0.6 is 0 Å². The molecule has 0 saturated heterocycles. The van der Waals surface area contributed by atoms with E-state index in [0.29, 0.717) is 35.4 Å². The van der Waals surface area contributed by atoms with Crippen molar-refractivity contribution in [1.29, 1.82) is 0 Å². The second-order valence-corrected chi connectivity index (χ2v) is 6.96. The molecule has 6 nitrogen and oxygen atoms in total. The Morgan fingerprint density at radius 1 is 0.967 bits per heavy atom. The molecule has 1 aromatic carbocycles. The van der Waals surface area contributed by atoms with Gasteiger partial charge in [-0.05, 0) is 63.5 Å². The Morgan fingerprint density at radius 3 is 2.37 bits per heavy atom. The molecule has 3 rings (SSSR count). The van der Waals surface area contributed by atoms with Crippen molar-refractivity contribution in [1.82, 2.24) is 19.9 Å². The molecule has 0 aliphatic heterocycles. The Morgan fingerprint density at radius 2 is 1.73 bits per heavy atom. The number of nitrogens with zero attached hydrogens (tertiary/aromatic N) is 4. The fourth-order valence-electron chi connectivity index (χ4n) is 2.72. The summed E-state index contributed by atoms with van der Waals surface area (Å²) >= 11 is 0. The summed E-state index contributed by atoms with van der Waals surface area (Å²) in [5, 5.41) is 6.25. The first kappa shape index (κ1) is 21.5. The summed E-state index contributed by atoms with van der Waals surface area (Å²) < 4.78 is 38.3. The zero-order valence-corrected chi connectivity index (χ0v) is 16.7. The molecule has 0 atom stereocenters. The predicted octanol–water partition coefficient (Wildman–Crippen LogP) is 4.66. The fraction of sp³-hybridized carbons (Fsp3) is 0.286. The molecule has 0 unspecified atom stereocenters. The van der Waals surface area contributed by atoms with Crippen LogP contribution in [0.3, 0.4) is 0 Å². The number of hydrogen-bond donors (Lipinski definition) is 2. The highest BCUT2D eigenvalue weighted by molar-refractivity contribution is 5.65. The van der Waals surface area contributed by atoms with Crippen molar-refractivity contribution >= 4 is 17.5 Å². The highest BCUT2D eigenvalue weighted by Crippen LogP contribution is 2.30. The minimum atomic E-state index is -4.37. The second kappa shape index (κ2) is 9.53. The molecular weight excluding hydrogens is 393 g/mol. The van der Waals surface area contributed by atoms with Crippen LogP contribution in [0.25, 0.3) is 11.4 Å². The van der Waals surface area contributed by atoms with Gasteiger partial charge in [-0.2, -0.15) is 18.2 Å². The summed E-state index contributed by atoms with van der Waals surface area (Å²) in [7, 11) is 4.01. The molecule has 0 aliphatic rings. The van der Waals surface area contributed by atoms with Crippen LogP contribution in [-0.4, -0.2) is 47.0 Å². The predicted molar refractivity (Wildman–Crippen MR) is 112 cm³/mol. The lowest BCUT2D eigenvalue weighted by atomic mass is 10.2. The van der Waals surface area contributed by atoms with Crippen LogP contribution in [0.5, 0.6) is 0 Å². The summed E-state index contributed by atoms with van der Waals surface area (Å²) in [5.41, 5.74) is 1.07. The molecule has 2 aromatic heterocycles. The van der Waals surface area contributed by atoms with E-state index in [9.17, 15) is 13.2 Å². The van der Waals surface area contributed by atoms with Gasteiger partial charge in [0, 0.05) is 24.5 Å². The van der Waals surface area contributed by atoms with Crippen LogP contribution in [0.15, 0.2) is 54.7 Å². The summed E-state index contributed by atoms with van der Waals surface area (Å²) in [4.78, 5) is 15.4. The van der Waals surface area contributed by atoms with E-state index in [1.807, 2.05) is 32.3 Å². The molecule has 0 saturated carbocycles. The van der Waals surface area contributed by atoms with E-state index in [1.54, 1.807) is 12.3 Å². The van der Waals surface area contributed by atoms with Crippen LogP contribution in [0.4, 0.5) is 30.6 Å². The van der Waals surface area contributed by atoms with E-state index in [4.69, 9.17) is 0 Å². The largest absolute Gasteiger partial charge is 0.416 e. The van der Waals surface area contributed by atoms with E-state index in [0.717, 1.165) is 25.1 Å². The number of halogens is 3. The van der Waals surface area contributed by atoms with Gasteiger partial charge >= 0.3 is 6.18 Å². The normalized spacial score (nSPS) is 11.5. The van der Waals surface area contributed by atoms with Gasteiger partial charge in [-0.15, -0.1) is 0 Å². The van der Waals surface area contributed by atoms with Gasteiger partial charge in [0.05, 0.1) is 17.0 Å². The number of nitrogens with one attached hydrogen (secondary N) is 2. The first-order valence-corrected chi connectivity index (χ1v) is 9.44. The van der Waals surface area contributed by atoms with Crippen LogP contribution in [-0.2, 0) is 6.18 Å². The second-order valence-electron chi connectivity index (χ2n) is 6.96. The molecule has 2 heterocycles. The molecule has 0 aliphatic carbocycles. The molecule has 2 N–H and O–H groups in total. The molecule has 0 radical (unpaired) electrons. The lowest BCUT2D eigenvalue weighted by Crippen LogP contribution is -2.17. The van der Waals surface area contributed by atoms with E-state index < -0.39 is 11.7 Å². The third kappa shape index (κ3) is 6.15. The average molecular weight is 416 g/mol. The quantitative estimate of drug-likeness (QED) is 0.521. The Balaban J connectivity index is 1.82. The van der Waals surface area contributed by atoms with Crippen molar-refractivity contribution in [2.45, 2.75) is 12.6 Å². The lowest BCUT2D eigenvalue weighted by Gasteiger charge is -2.13. The van der Waals surface area contributed by atoms with Crippen LogP contribution in [0.1, 0.15) is 12.0 Å². The van der Waals surface area contributed by atoms with Gasteiger partial charge in [0.25, 0.3) is 0 Å². The average Bonchev–Trinajstić information content (AvgIpc) is 2.71. The van der Waals surface area contributed by atoms with E-state index in [1.165, 1.54) is 12.1 Å². The number of benzene rings is 1. The lowest BCUT2D eigenvalue weighted by molar-refractivity contribution is -0.137. The van der Waals surface area contributed by atoms with Crippen LogP contribution < -0.4 is 10.6 Å². The van der Waals surface area contributed by atoms with Crippen molar-refractivity contribution in [3.05, 3.63) is 60.3 Å². The molecule has 0 spiro atoms. The molecular formula is C21H23F3N6. The Kier molecular flexibility index (Phi) is 6.83. The highest BCUT2D eigenvalue weighted by atomic mass is 19.4. The Hall–Kier alpha value is -3.20. The van der Waals surface area contributed by atoms with Gasteiger partial charge in [-0.1, -0.05) is 6.07 Å². The Bertz CT molecular complexity index is 943. The first-order valence-electron chi connectivity index (χ1n) is 9.44. The number of pyridine rings is 1. The summed E-state index contributed by atoms with van der Waals surface area (Å²) in [6, 6.07) is 12.0. The number of hydrogen-bond acceptors (Lipinski definition) is 6. The fourth-order valence-corrected chi connectivity index (χ4v) is 2.72. The van der Waals surface area contributed by atoms with E-state index in [2.05, 4.69) is 30.5 Å². The van der Waals surface area contributed by atoms with Crippen molar-refractivity contribution < 1.29 is 13.2 Å². The van der Waals surface area contributed by atoms with E-state index >= 15 is 0 Å². The maximum atomic E-state index is 12.8. The minimum Gasteiger partial charge on any atom is -0.354 e. The topological polar surface area (TPSA) is 66.0 Å². The summed E-state index contributed by atoms with van der Waals surface area (Å²) in [6.07, 6.45) is -1.79. The minimum absolute atomic E-state index is 0.423. The van der Waals surface area contributed by atoms with Crippen LogP contribution in [0, 0.1) is 0 Å². The first-order chi connectivity index (χ1) is 14.3. The monoisotopic (exact) mass is 416 g/mol. The smallest absolute Gasteiger partial charge is 0.354 e. The molecule has 0 fully saturated rings. The number of anilines is 3. The molecule has 30 heavy (non-hydrogen) atoms. The van der Waals surface area contributed by atoms with Crippen molar-refractivity contribution in [3.63, 3.8) is 0 Å². The Labute approximate surface area is 173 Å². The molecule has 0 amide bonds. The summed E-state index contributed by atoms with van der Waals surface area (Å²) in [6.45, 7) is 1.60. The van der Waals surface area contributed by atoms with Gasteiger partial charge in [-0.3, -0.25) is 4.98 Å². The van der Waals surface area contributed by atoms with Gasteiger partial charge < -0.3 is 15.5 Å². The SMILES string of the molecule is CN(C)CCCNc1nc(Nc2ccc(C(F)(F)F)cc2)cc(-c2ccccn2)n1. The number of rotatable bonds is 8. The third-order valence-corrected chi connectivity index (χ3v) is 4.20.